The number of ether oxygens (including phenoxy) is 1. The second-order valence-electron chi connectivity index (χ2n) is 6.19. The zero-order valence-corrected chi connectivity index (χ0v) is 15.0. The Morgan fingerprint density at radius 2 is 1.85 bits per heavy atom. The van der Waals surface area contributed by atoms with Gasteiger partial charge in [0.25, 0.3) is 0 Å². The average Bonchev–Trinajstić information content (AvgIpc) is 3.00. The minimum Gasteiger partial charge on any atom is -0.495 e. The highest BCUT2D eigenvalue weighted by atomic mass is 16.5. The number of hydrogen-bond donors (Lipinski definition) is 1. The molecule has 0 unspecified atom stereocenters. The van der Waals surface area contributed by atoms with Crippen molar-refractivity contribution in [1.82, 2.24) is 14.8 Å². The second kappa shape index (κ2) is 6.52. The molecule has 0 aliphatic carbocycles. The van der Waals surface area contributed by atoms with Gasteiger partial charge in [-0.3, -0.25) is 4.68 Å². The molecular formula is C21H20N4O. The average molecular weight is 344 g/mol. The van der Waals surface area contributed by atoms with Crippen LogP contribution < -0.4 is 10.1 Å². The van der Waals surface area contributed by atoms with Gasteiger partial charge >= 0.3 is 0 Å². The molecule has 0 amide bonds. The summed E-state index contributed by atoms with van der Waals surface area (Å²) >= 11 is 0. The highest BCUT2D eigenvalue weighted by Crippen LogP contribution is 2.33. The first kappa shape index (κ1) is 16.1. The highest BCUT2D eigenvalue weighted by Gasteiger charge is 2.11. The van der Waals surface area contributed by atoms with E-state index in [0.717, 1.165) is 44.8 Å². The molecule has 5 nitrogen and oxygen atoms in total. The molecular weight excluding hydrogens is 324 g/mol. The molecule has 4 aromatic rings. The molecule has 0 fully saturated rings. The summed E-state index contributed by atoms with van der Waals surface area (Å²) in [7, 11) is 3.62. The van der Waals surface area contributed by atoms with E-state index in [1.165, 1.54) is 0 Å². The SMILES string of the molecule is COc1ccccc1Nc1cc2c(-c3cnn(C)c3C)cccc2cn1. The molecule has 0 atom stereocenters. The van der Waals surface area contributed by atoms with Gasteiger partial charge in [0.2, 0.25) is 0 Å². The Balaban J connectivity index is 1.82. The number of rotatable bonds is 4. The van der Waals surface area contributed by atoms with E-state index >= 15 is 0 Å². The van der Waals surface area contributed by atoms with Gasteiger partial charge in [-0.15, -0.1) is 0 Å². The Morgan fingerprint density at radius 3 is 2.62 bits per heavy atom. The number of nitrogens with zero attached hydrogens (tertiary/aromatic N) is 3. The van der Waals surface area contributed by atoms with Crippen molar-refractivity contribution in [2.45, 2.75) is 6.92 Å². The predicted molar refractivity (Wildman–Crippen MR) is 105 cm³/mol. The first-order valence-corrected chi connectivity index (χ1v) is 8.45. The number of nitrogens with one attached hydrogen (secondary N) is 1. The van der Waals surface area contributed by atoms with Gasteiger partial charge in [-0.1, -0.05) is 30.3 Å². The number of methoxy groups -OCH3 is 1. The summed E-state index contributed by atoms with van der Waals surface area (Å²) in [6.45, 7) is 2.08. The second-order valence-corrected chi connectivity index (χ2v) is 6.19. The maximum absolute atomic E-state index is 5.42. The van der Waals surface area contributed by atoms with Crippen molar-refractivity contribution in [3.8, 4) is 16.9 Å². The number of hydrogen-bond acceptors (Lipinski definition) is 4. The van der Waals surface area contributed by atoms with Crippen LogP contribution in [-0.2, 0) is 7.05 Å². The van der Waals surface area contributed by atoms with E-state index in [9.17, 15) is 0 Å². The molecule has 0 aliphatic heterocycles. The summed E-state index contributed by atoms with van der Waals surface area (Å²) in [5, 5.41) is 9.97. The van der Waals surface area contributed by atoms with Crippen molar-refractivity contribution in [3.05, 3.63) is 66.6 Å². The van der Waals surface area contributed by atoms with Gasteiger partial charge < -0.3 is 10.1 Å². The van der Waals surface area contributed by atoms with Crippen molar-refractivity contribution in [1.29, 1.82) is 0 Å². The molecule has 5 heteroatoms. The summed E-state index contributed by atoms with van der Waals surface area (Å²) in [4.78, 5) is 4.55. The molecule has 0 saturated heterocycles. The largest absolute Gasteiger partial charge is 0.495 e. The van der Waals surface area contributed by atoms with E-state index in [4.69, 9.17) is 4.74 Å². The smallest absolute Gasteiger partial charge is 0.142 e. The molecule has 1 N–H and O–H groups in total. The number of anilines is 2. The molecule has 0 bridgehead atoms. The Kier molecular flexibility index (Phi) is 4.05. The third-order valence-corrected chi connectivity index (χ3v) is 4.66. The lowest BCUT2D eigenvalue weighted by Crippen LogP contribution is -1.97. The van der Waals surface area contributed by atoms with Crippen LogP contribution in [-0.4, -0.2) is 21.9 Å². The van der Waals surface area contributed by atoms with Gasteiger partial charge in [0, 0.05) is 29.9 Å². The number of para-hydroxylation sites is 2. The zero-order valence-electron chi connectivity index (χ0n) is 15.0. The fourth-order valence-electron chi connectivity index (χ4n) is 3.12. The monoisotopic (exact) mass is 344 g/mol. The van der Waals surface area contributed by atoms with Gasteiger partial charge in [0.05, 0.1) is 19.0 Å². The zero-order chi connectivity index (χ0) is 18.1. The molecule has 2 heterocycles. The third kappa shape index (κ3) is 2.77. The molecule has 4 rings (SSSR count). The molecule has 2 aromatic carbocycles. The summed E-state index contributed by atoms with van der Waals surface area (Å²) in [6.07, 6.45) is 3.81. The molecule has 0 saturated carbocycles. The summed E-state index contributed by atoms with van der Waals surface area (Å²) < 4.78 is 7.31. The fourth-order valence-corrected chi connectivity index (χ4v) is 3.12. The Bertz CT molecular complexity index is 1080. The van der Waals surface area contributed by atoms with Gasteiger partial charge in [0.15, 0.2) is 0 Å². The van der Waals surface area contributed by atoms with Crippen LogP contribution in [0.1, 0.15) is 5.69 Å². The van der Waals surface area contributed by atoms with Crippen LogP contribution in [0.15, 0.2) is 60.9 Å². The number of benzene rings is 2. The maximum Gasteiger partial charge on any atom is 0.142 e. The van der Waals surface area contributed by atoms with Crippen LogP contribution in [0.25, 0.3) is 21.9 Å². The molecule has 0 spiro atoms. The van der Waals surface area contributed by atoms with Gasteiger partial charge in [-0.2, -0.15) is 5.10 Å². The topological polar surface area (TPSA) is 52.0 Å². The van der Waals surface area contributed by atoms with Crippen molar-refractivity contribution >= 4 is 22.3 Å². The number of fused-ring (bicyclic) bond motifs is 1. The summed E-state index contributed by atoms with van der Waals surface area (Å²) in [5.74, 6) is 1.56. The van der Waals surface area contributed by atoms with Crippen LogP contribution in [0.2, 0.25) is 0 Å². The molecule has 26 heavy (non-hydrogen) atoms. The van der Waals surface area contributed by atoms with Crippen molar-refractivity contribution in [3.63, 3.8) is 0 Å². The van der Waals surface area contributed by atoms with E-state index in [0.29, 0.717) is 0 Å². The van der Waals surface area contributed by atoms with E-state index in [-0.39, 0.29) is 0 Å². The minimum absolute atomic E-state index is 0.774. The van der Waals surface area contributed by atoms with Crippen LogP contribution >= 0.6 is 0 Å². The number of aryl methyl sites for hydroxylation is 1. The van der Waals surface area contributed by atoms with Gasteiger partial charge in [0.1, 0.15) is 11.6 Å². The first-order chi connectivity index (χ1) is 12.7. The lowest BCUT2D eigenvalue weighted by Gasteiger charge is -2.12. The quantitative estimate of drug-likeness (QED) is 0.583. The minimum atomic E-state index is 0.774. The van der Waals surface area contributed by atoms with Crippen LogP contribution in [0, 0.1) is 6.92 Å². The fraction of sp³-hybridized carbons (Fsp3) is 0.143. The van der Waals surface area contributed by atoms with E-state index in [1.54, 1.807) is 7.11 Å². The van der Waals surface area contributed by atoms with E-state index in [2.05, 4.69) is 46.6 Å². The van der Waals surface area contributed by atoms with Crippen molar-refractivity contribution < 1.29 is 4.74 Å². The summed E-state index contributed by atoms with van der Waals surface area (Å²) in [5.41, 5.74) is 4.30. The molecule has 0 aliphatic rings. The Morgan fingerprint density at radius 1 is 1.00 bits per heavy atom. The first-order valence-electron chi connectivity index (χ1n) is 8.45. The molecule has 0 radical (unpaired) electrons. The predicted octanol–water partition coefficient (Wildman–Crippen LogP) is 4.70. The lowest BCUT2D eigenvalue weighted by atomic mass is 10.00. The van der Waals surface area contributed by atoms with Gasteiger partial charge in [-0.25, -0.2) is 4.98 Å². The number of pyridine rings is 1. The van der Waals surface area contributed by atoms with Crippen LogP contribution in [0.3, 0.4) is 0 Å². The maximum atomic E-state index is 5.42. The summed E-state index contributed by atoms with van der Waals surface area (Å²) in [6, 6.07) is 16.1. The van der Waals surface area contributed by atoms with E-state index in [1.807, 2.05) is 48.4 Å². The Hall–Kier alpha value is -3.34. The third-order valence-electron chi connectivity index (χ3n) is 4.66. The van der Waals surface area contributed by atoms with Crippen LogP contribution in [0.5, 0.6) is 5.75 Å². The Labute approximate surface area is 152 Å². The van der Waals surface area contributed by atoms with Gasteiger partial charge in [-0.05, 0) is 36.1 Å². The van der Waals surface area contributed by atoms with Crippen molar-refractivity contribution in [2.75, 3.05) is 12.4 Å². The lowest BCUT2D eigenvalue weighted by molar-refractivity contribution is 0.417. The van der Waals surface area contributed by atoms with Crippen LogP contribution in [0.4, 0.5) is 11.5 Å². The molecule has 2 aromatic heterocycles. The number of aromatic nitrogens is 3. The molecule has 130 valence electrons. The normalized spacial score (nSPS) is 10.9. The highest BCUT2D eigenvalue weighted by molar-refractivity contribution is 5.98. The van der Waals surface area contributed by atoms with Crippen molar-refractivity contribution in [2.24, 2.45) is 7.05 Å². The standard InChI is InChI=1S/C21H20N4O/c1-14-18(13-23-25(14)2)16-8-6-7-15-12-22-21(11-17(15)16)24-19-9-4-5-10-20(19)26-3/h4-13H,1-3H3,(H,22,24). The van der Waals surface area contributed by atoms with E-state index < -0.39 is 0 Å².